The molecule has 0 aliphatic heterocycles. The van der Waals surface area contributed by atoms with Crippen molar-refractivity contribution >= 4 is 0 Å². The first-order valence-corrected chi connectivity index (χ1v) is 5.99. The predicted octanol–water partition coefficient (Wildman–Crippen LogP) is 3.11. The second-order valence-electron chi connectivity index (χ2n) is 5.76. The maximum absolute atomic E-state index is 10.8. The van der Waals surface area contributed by atoms with Gasteiger partial charge in [-0.25, -0.2) is 0 Å². The Kier molecular flexibility index (Phi) is 3.45. The highest BCUT2D eigenvalue weighted by atomic mass is 16.3. The van der Waals surface area contributed by atoms with Gasteiger partial charge in [-0.3, -0.25) is 0 Å². The van der Waals surface area contributed by atoms with E-state index in [1.807, 2.05) is 13.8 Å². The Bertz CT molecular complexity index is 264. The molecule has 2 atom stereocenters. The topological polar surface area (TPSA) is 44.0 Å². The Balaban J connectivity index is 3.02. The third kappa shape index (κ3) is 2.03. The molecular formula is C13H23NO. The van der Waals surface area contributed by atoms with Gasteiger partial charge < -0.3 is 5.11 Å². The first-order valence-electron chi connectivity index (χ1n) is 5.99. The summed E-state index contributed by atoms with van der Waals surface area (Å²) in [6, 6.07) is 2.29. The van der Waals surface area contributed by atoms with Gasteiger partial charge in [-0.2, -0.15) is 5.26 Å². The maximum atomic E-state index is 10.8. The molecule has 0 aromatic heterocycles. The van der Waals surface area contributed by atoms with Crippen molar-refractivity contribution in [2.75, 3.05) is 0 Å². The Labute approximate surface area is 93.3 Å². The fraction of sp³-hybridized carbons (Fsp3) is 0.923. The van der Waals surface area contributed by atoms with Gasteiger partial charge >= 0.3 is 0 Å². The van der Waals surface area contributed by atoms with Crippen LogP contribution in [0.25, 0.3) is 0 Å². The molecule has 0 saturated heterocycles. The average molecular weight is 209 g/mol. The summed E-state index contributed by atoms with van der Waals surface area (Å²) in [5.74, 6) is 0.712. The van der Waals surface area contributed by atoms with Crippen LogP contribution in [0.5, 0.6) is 0 Å². The van der Waals surface area contributed by atoms with Crippen LogP contribution in [0.3, 0.4) is 0 Å². The van der Waals surface area contributed by atoms with Crippen LogP contribution >= 0.6 is 0 Å². The van der Waals surface area contributed by atoms with Crippen LogP contribution in [0.2, 0.25) is 0 Å². The van der Waals surface area contributed by atoms with E-state index in [0.717, 1.165) is 19.3 Å². The standard InChI is InChI=1S/C13H23NO/c1-10(2)11-7-5-6-8-13(11,15)12(3,4)9-14/h10-11,15H,5-8H2,1-4H3. The first kappa shape index (κ1) is 12.5. The van der Waals surface area contributed by atoms with Crippen molar-refractivity contribution in [3.8, 4) is 6.07 Å². The van der Waals surface area contributed by atoms with Crippen molar-refractivity contribution in [3.63, 3.8) is 0 Å². The Morgan fingerprint density at radius 3 is 2.47 bits per heavy atom. The Morgan fingerprint density at radius 1 is 1.40 bits per heavy atom. The van der Waals surface area contributed by atoms with E-state index < -0.39 is 11.0 Å². The summed E-state index contributed by atoms with van der Waals surface area (Å²) in [6.07, 6.45) is 4.06. The minimum Gasteiger partial charge on any atom is -0.388 e. The fourth-order valence-corrected chi connectivity index (χ4v) is 2.94. The van der Waals surface area contributed by atoms with Crippen molar-refractivity contribution in [2.24, 2.45) is 17.3 Å². The van der Waals surface area contributed by atoms with Crippen molar-refractivity contribution in [3.05, 3.63) is 0 Å². The molecule has 1 saturated carbocycles. The van der Waals surface area contributed by atoms with Crippen LogP contribution in [0.1, 0.15) is 53.4 Å². The lowest BCUT2D eigenvalue weighted by Crippen LogP contribution is -2.53. The minimum atomic E-state index is -0.797. The number of hydrogen-bond donors (Lipinski definition) is 1. The minimum absolute atomic E-state index is 0.265. The summed E-state index contributed by atoms with van der Waals surface area (Å²) in [5, 5.41) is 20.0. The zero-order valence-corrected chi connectivity index (χ0v) is 10.4. The predicted molar refractivity (Wildman–Crippen MR) is 61.1 cm³/mol. The first-order chi connectivity index (χ1) is 6.85. The number of hydrogen-bond acceptors (Lipinski definition) is 2. The van der Waals surface area contributed by atoms with Crippen LogP contribution in [0.15, 0.2) is 0 Å². The number of rotatable bonds is 2. The monoisotopic (exact) mass is 209 g/mol. The fourth-order valence-electron chi connectivity index (χ4n) is 2.94. The van der Waals surface area contributed by atoms with Crippen LogP contribution in [-0.2, 0) is 0 Å². The van der Waals surface area contributed by atoms with E-state index in [2.05, 4.69) is 19.9 Å². The smallest absolute Gasteiger partial charge is 0.0858 e. The number of aliphatic hydroxyl groups is 1. The molecule has 0 amide bonds. The van der Waals surface area contributed by atoms with Gasteiger partial charge in [0.2, 0.25) is 0 Å². The van der Waals surface area contributed by atoms with Crippen LogP contribution < -0.4 is 0 Å². The molecular weight excluding hydrogens is 186 g/mol. The lowest BCUT2D eigenvalue weighted by molar-refractivity contribution is -0.125. The van der Waals surface area contributed by atoms with Gasteiger partial charge in [-0.15, -0.1) is 0 Å². The quantitative estimate of drug-likeness (QED) is 0.759. The van der Waals surface area contributed by atoms with Gasteiger partial charge in [-0.05, 0) is 38.5 Å². The lowest BCUT2D eigenvalue weighted by atomic mass is 9.59. The molecule has 0 spiro atoms. The zero-order valence-electron chi connectivity index (χ0n) is 10.4. The van der Waals surface area contributed by atoms with Crippen LogP contribution in [0, 0.1) is 28.6 Å². The van der Waals surface area contributed by atoms with E-state index in [0.29, 0.717) is 5.92 Å². The molecule has 2 nitrogen and oxygen atoms in total. The zero-order chi connectivity index (χ0) is 11.7. The van der Waals surface area contributed by atoms with E-state index in [4.69, 9.17) is 0 Å². The molecule has 1 fully saturated rings. The largest absolute Gasteiger partial charge is 0.388 e. The van der Waals surface area contributed by atoms with Gasteiger partial charge in [0.1, 0.15) is 0 Å². The van der Waals surface area contributed by atoms with Gasteiger partial charge in [0.15, 0.2) is 0 Å². The molecule has 2 unspecified atom stereocenters. The number of nitriles is 1. The normalized spacial score (nSPS) is 32.7. The molecule has 15 heavy (non-hydrogen) atoms. The van der Waals surface area contributed by atoms with Crippen molar-refractivity contribution in [1.29, 1.82) is 5.26 Å². The van der Waals surface area contributed by atoms with Crippen molar-refractivity contribution < 1.29 is 5.11 Å². The van der Waals surface area contributed by atoms with Gasteiger partial charge in [0.25, 0.3) is 0 Å². The Morgan fingerprint density at radius 2 is 2.00 bits per heavy atom. The summed E-state index contributed by atoms with van der Waals surface area (Å²) < 4.78 is 0. The summed E-state index contributed by atoms with van der Waals surface area (Å²) in [5.41, 5.74) is -1.43. The summed E-state index contributed by atoms with van der Waals surface area (Å²) in [7, 11) is 0. The van der Waals surface area contributed by atoms with E-state index in [9.17, 15) is 10.4 Å². The second kappa shape index (κ2) is 4.14. The van der Waals surface area contributed by atoms with Crippen LogP contribution in [-0.4, -0.2) is 10.7 Å². The van der Waals surface area contributed by atoms with E-state index >= 15 is 0 Å². The van der Waals surface area contributed by atoms with Gasteiger partial charge in [-0.1, -0.05) is 26.7 Å². The molecule has 1 rings (SSSR count). The van der Waals surface area contributed by atoms with Crippen molar-refractivity contribution in [1.82, 2.24) is 0 Å². The molecule has 2 heteroatoms. The lowest BCUT2D eigenvalue weighted by Gasteiger charge is -2.48. The number of nitrogens with zero attached hydrogens (tertiary/aromatic N) is 1. The molecule has 1 N–H and O–H groups in total. The molecule has 1 aliphatic carbocycles. The second-order valence-corrected chi connectivity index (χ2v) is 5.76. The molecule has 0 aromatic carbocycles. The highest BCUT2D eigenvalue weighted by Crippen LogP contribution is 2.48. The average Bonchev–Trinajstić information content (AvgIpc) is 2.17. The van der Waals surface area contributed by atoms with Crippen LogP contribution in [0.4, 0.5) is 0 Å². The van der Waals surface area contributed by atoms with Gasteiger partial charge in [0.05, 0.1) is 17.1 Å². The molecule has 1 aliphatic rings. The third-order valence-electron chi connectivity index (χ3n) is 4.10. The highest BCUT2D eigenvalue weighted by molar-refractivity contribution is 5.10. The SMILES string of the molecule is CC(C)C1CCCCC1(O)C(C)(C)C#N. The highest BCUT2D eigenvalue weighted by Gasteiger charge is 2.51. The summed E-state index contributed by atoms with van der Waals surface area (Å²) in [6.45, 7) is 8.03. The molecule has 0 bridgehead atoms. The summed E-state index contributed by atoms with van der Waals surface area (Å²) >= 11 is 0. The summed E-state index contributed by atoms with van der Waals surface area (Å²) in [4.78, 5) is 0. The van der Waals surface area contributed by atoms with Gasteiger partial charge in [0, 0.05) is 0 Å². The van der Waals surface area contributed by atoms with E-state index in [1.54, 1.807) is 0 Å². The Hall–Kier alpha value is -0.550. The molecule has 0 aromatic rings. The van der Waals surface area contributed by atoms with E-state index in [1.165, 1.54) is 6.42 Å². The maximum Gasteiger partial charge on any atom is 0.0858 e. The third-order valence-corrected chi connectivity index (χ3v) is 4.10. The van der Waals surface area contributed by atoms with Crippen molar-refractivity contribution in [2.45, 2.75) is 59.0 Å². The molecule has 0 heterocycles. The molecule has 0 radical (unpaired) electrons. The molecule has 86 valence electrons. The van der Waals surface area contributed by atoms with E-state index in [-0.39, 0.29) is 5.92 Å².